The highest BCUT2D eigenvalue weighted by atomic mass is 32.2. The zero-order valence-corrected chi connectivity index (χ0v) is 19.6. The molecule has 0 aromatic rings. The van der Waals surface area contributed by atoms with Crippen molar-refractivity contribution in [3.63, 3.8) is 0 Å². The molecule has 3 N–H and O–H groups in total. The van der Waals surface area contributed by atoms with Crippen LogP contribution in [-0.4, -0.2) is 84.2 Å². The maximum Gasteiger partial charge on any atom is 0.438 e. The third-order valence-corrected chi connectivity index (χ3v) is 5.44. The summed E-state index contributed by atoms with van der Waals surface area (Å²) in [4.78, 5) is 0. The lowest BCUT2D eigenvalue weighted by molar-refractivity contribution is -0.467. The fraction of sp³-hybridized carbons (Fsp3) is 0.867. The first kappa shape index (κ1) is 41.3. The van der Waals surface area contributed by atoms with Gasteiger partial charge in [-0.3, -0.25) is 4.55 Å². The van der Waals surface area contributed by atoms with Crippen molar-refractivity contribution < 1.29 is 105 Å². The minimum atomic E-state index is -9.36. The summed E-state index contributed by atoms with van der Waals surface area (Å²) < 4.78 is 306. The van der Waals surface area contributed by atoms with E-state index in [1.807, 2.05) is 0 Å². The highest BCUT2D eigenvalue weighted by molar-refractivity contribution is 7.87. The van der Waals surface area contributed by atoms with Crippen LogP contribution in [0.15, 0.2) is 12.7 Å². The van der Waals surface area contributed by atoms with Gasteiger partial charge in [0.15, 0.2) is 6.17 Å². The molecule has 41 heavy (non-hydrogen) atoms. The molecule has 0 spiro atoms. The van der Waals surface area contributed by atoms with Gasteiger partial charge in [-0.05, 0) is 6.92 Å². The molecule has 0 fully saturated rings. The topological polar surface area (TPSA) is 80.4 Å². The first-order valence-corrected chi connectivity index (χ1v) is 10.5. The monoisotopic (exact) mass is 685 g/mol. The molecule has 0 radical (unpaired) electrons. The highest BCUT2D eigenvalue weighted by Gasteiger charge is 2.98. The fourth-order valence-electron chi connectivity index (χ4n) is 1.99. The van der Waals surface area contributed by atoms with E-state index in [0.29, 0.717) is 6.54 Å². The lowest BCUT2D eigenvalue weighted by Gasteiger charge is -2.44. The Morgan fingerprint density at radius 1 is 0.610 bits per heavy atom. The minimum Gasteiger partial charge on any atom is -0.327 e. The van der Waals surface area contributed by atoms with Crippen LogP contribution in [0.2, 0.25) is 0 Å². The van der Waals surface area contributed by atoms with Gasteiger partial charge in [0.25, 0.3) is 0 Å². The van der Waals surface area contributed by atoms with Crippen LogP contribution in [-0.2, 0) is 10.1 Å². The van der Waals surface area contributed by atoms with Gasteiger partial charge in [0.2, 0.25) is 0 Å². The molecule has 0 aromatic carbocycles. The summed E-state index contributed by atoms with van der Waals surface area (Å²) in [7, 11) is -8.10. The molecule has 26 heteroatoms. The van der Waals surface area contributed by atoms with Gasteiger partial charge in [0.05, 0.1) is 0 Å². The van der Waals surface area contributed by atoms with Crippen molar-refractivity contribution >= 4 is 10.1 Å². The number of hydrogen-bond acceptors (Lipinski definition) is 3. The predicted octanol–water partition coefficient (Wildman–Crippen LogP) is 6.67. The Hall–Kier alpha value is -1.86. The summed E-state index contributed by atoms with van der Waals surface area (Å²) >= 11 is 0. The molecule has 0 rings (SSSR count). The third kappa shape index (κ3) is 5.50. The molecule has 0 aliphatic carbocycles. The van der Waals surface area contributed by atoms with Gasteiger partial charge in [0, 0.05) is 6.54 Å². The Balaban J connectivity index is 0. The Kier molecular flexibility index (Phi) is 11.1. The van der Waals surface area contributed by atoms with Crippen LogP contribution in [0.25, 0.3) is 0 Å². The highest BCUT2D eigenvalue weighted by Crippen LogP contribution is 2.66. The lowest BCUT2D eigenvalue weighted by atomic mass is 9.86. The van der Waals surface area contributed by atoms with Crippen molar-refractivity contribution in [3.8, 4) is 0 Å². The Morgan fingerprint density at radius 3 is 0.976 bits per heavy atom. The molecule has 0 aromatic heterocycles. The van der Waals surface area contributed by atoms with E-state index in [0.717, 1.165) is 0 Å². The smallest absolute Gasteiger partial charge is 0.327 e. The maximum atomic E-state index is 13.5. The van der Waals surface area contributed by atoms with Gasteiger partial charge in [-0.2, -0.15) is 96.2 Å². The Labute approximate surface area is 213 Å². The molecule has 1 atom stereocenters. The standard InChI is InChI=1S/C12H5F21O3S.C3H7N/c1-2(13)3(14,15)4(16,17)5(18,19)6(20,21)7(22,23)8(24,25)9(26,27)10(28,29)11(30,31)12(32,33)37(34,35)36;1-2-3-4/h2H,1H3,(H,34,35,36);2H,1,3-4H2. The molecule has 0 heterocycles. The molecule has 0 saturated carbocycles. The summed E-state index contributed by atoms with van der Waals surface area (Å²) in [5.41, 5.74) is 4.91. The summed E-state index contributed by atoms with van der Waals surface area (Å²) in [5, 5.41) is -8.06. The van der Waals surface area contributed by atoms with Crippen LogP contribution in [0.3, 0.4) is 0 Å². The number of alkyl halides is 21. The van der Waals surface area contributed by atoms with Crippen molar-refractivity contribution in [1.82, 2.24) is 0 Å². The van der Waals surface area contributed by atoms with Gasteiger partial charge < -0.3 is 5.73 Å². The van der Waals surface area contributed by atoms with Crippen LogP contribution in [0, 0.1) is 0 Å². The molecule has 0 aliphatic heterocycles. The van der Waals surface area contributed by atoms with Gasteiger partial charge >= 0.3 is 68.7 Å². The minimum absolute atomic E-state index is 0.583. The molecule has 0 amide bonds. The second kappa shape index (κ2) is 11.0. The van der Waals surface area contributed by atoms with Gasteiger partial charge in [-0.25, -0.2) is 4.39 Å². The normalized spacial score (nSPS) is 16.6. The maximum absolute atomic E-state index is 13.5. The third-order valence-electron chi connectivity index (χ3n) is 4.53. The molecular formula is C15H12F21NO3S. The summed E-state index contributed by atoms with van der Waals surface area (Å²) in [6.07, 6.45) is -3.09. The van der Waals surface area contributed by atoms with Crippen molar-refractivity contribution in [2.75, 3.05) is 6.54 Å². The van der Waals surface area contributed by atoms with Crippen molar-refractivity contribution in [3.05, 3.63) is 12.7 Å². The first-order chi connectivity index (χ1) is 17.4. The molecule has 0 aliphatic rings. The number of rotatable bonds is 12. The van der Waals surface area contributed by atoms with E-state index < -0.39 is 81.8 Å². The largest absolute Gasteiger partial charge is 0.438 e. The molecule has 4 nitrogen and oxygen atoms in total. The molecular weight excluding hydrogens is 673 g/mol. The van der Waals surface area contributed by atoms with E-state index in [1.165, 1.54) is 0 Å². The van der Waals surface area contributed by atoms with E-state index in [1.54, 1.807) is 6.08 Å². The summed E-state index contributed by atoms with van der Waals surface area (Å²) in [6, 6.07) is 0. The second-order valence-electron chi connectivity index (χ2n) is 7.35. The van der Waals surface area contributed by atoms with Crippen LogP contribution in [0.1, 0.15) is 6.92 Å². The van der Waals surface area contributed by atoms with E-state index in [4.69, 9.17) is 10.3 Å². The molecule has 0 saturated heterocycles. The SMILES string of the molecule is C=CCN.CC(F)C(F)(F)C(F)(F)C(F)(F)C(F)(F)C(F)(F)C(F)(F)C(F)(F)C(F)(F)C(F)(F)C(F)(F)S(=O)(=O)O. The Morgan fingerprint density at radius 2 is 0.805 bits per heavy atom. The first-order valence-electron chi connectivity index (χ1n) is 9.06. The fourth-order valence-corrected chi connectivity index (χ4v) is 2.44. The quantitative estimate of drug-likeness (QED) is 0.137. The second-order valence-corrected chi connectivity index (χ2v) is 8.81. The van der Waals surface area contributed by atoms with E-state index in [2.05, 4.69) is 6.58 Å². The number of halogens is 21. The summed E-state index contributed by atoms with van der Waals surface area (Å²) in [5.74, 6) is -79.3. The molecule has 248 valence electrons. The van der Waals surface area contributed by atoms with E-state index in [9.17, 15) is 101 Å². The van der Waals surface area contributed by atoms with Crippen LogP contribution in [0.4, 0.5) is 92.2 Å². The Bertz CT molecular complexity index is 1040. The van der Waals surface area contributed by atoms with Gasteiger partial charge in [-0.15, -0.1) is 6.58 Å². The molecule has 0 bridgehead atoms. The van der Waals surface area contributed by atoms with Gasteiger partial charge in [0.1, 0.15) is 0 Å². The zero-order chi connectivity index (χ0) is 34.5. The van der Waals surface area contributed by atoms with Crippen LogP contribution in [0.5, 0.6) is 0 Å². The zero-order valence-electron chi connectivity index (χ0n) is 18.8. The summed E-state index contributed by atoms with van der Waals surface area (Å²) in [6.45, 7) is 3.09. The van der Waals surface area contributed by atoms with Crippen molar-refractivity contribution in [2.45, 2.75) is 71.7 Å². The average molecular weight is 685 g/mol. The van der Waals surface area contributed by atoms with E-state index >= 15 is 0 Å². The van der Waals surface area contributed by atoms with Crippen molar-refractivity contribution in [1.29, 1.82) is 0 Å². The molecule has 1 unspecified atom stereocenters. The number of nitrogens with two attached hydrogens (primary N) is 1. The van der Waals surface area contributed by atoms with Gasteiger partial charge in [-0.1, -0.05) is 6.08 Å². The predicted molar refractivity (Wildman–Crippen MR) is 90.8 cm³/mol. The van der Waals surface area contributed by atoms with E-state index in [-0.39, 0.29) is 0 Å². The lowest BCUT2D eigenvalue weighted by Crippen LogP contribution is -2.77. The van der Waals surface area contributed by atoms with Crippen LogP contribution < -0.4 is 5.73 Å². The van der Waals surface area contributed by atoms with Crippen LogP contribution >= 0.6 is 0 Å². The number of hydrogen-bond donors (Lipinski definition) is 2. The van der Waals surface area contributed by atoms with Crippen molar-refractivity contribution in [2.24, 2.45) is 5.73 Å². The average Bonchev–Trinajstić information content (AvgIpc) is 2.76.